The van der Waals surface area contributed by atoms with E-state index in [1.807, 2.05) is 0 Å². The molecule has 0 saturated heterocycles. The number of hydrogen-bond donors (Lipinski definition) is 2. The highest BCUT2D eigenvalue weighted by Crippen LogP contribution is 2.29. The molecule has 0 fully saturated rings. The van der Waals surface area contributed by atoms with E-state index in [9.17, 15) is 15.2 Å². The van der Waals surface area contributed by atoms with Crippen LogP contribution in [-0.4, -0.2) is 16.6 Å². The Morgan fingerprint density at radius 2 is 2.27 bits per heavy atom. The van der Waals surface area contributed by atoms with Gasteiger partial charge >= 0.3 is 0 Å². The fourth-order valence-corrected chi connectivity index (χ4v) is 1.36. The summed E-state index contributed by atoms with van der Waals surface area (Å²) in [5.41, 5.74) is 4.41. The second-order valence-corrected chi connectivity index (χ2v) is 3.81. The average molecular weight is 231 g/mol. The zero-order valence-corrected chi connectivity index (χ0v) is 8.86. The molecule has 15 heavy (non-hydrogen) atoms. The molecule has 0 aromatic heterocycles. The van der Waals surface area contributed by atoms with Gasteiger partial charge in [-0.05, 0) is 24.6 Å². The van der Waals surface area contributed by atoms with Crippen LogP contribution in [0.4, 0.5) is 5.69 Å². The minimum atomic E-state index is -1.22. The van der Waals surface area contributed by atoms with Crippen LogP contribution >= 0.6 is 11.6 Å². The van der Waals surface area contributed by atoms with E-state index in [0.717, 1.165) is 0 Å². The van der Waals surface area contributed by atoms with Crippen LogP contribution in [0.3, 0.4) is 0 Å². The second-order valence-electron chi connectivity index (χ2n) is 3.40. The van der Waals surface area contributed by atoms with E-state index in [2.05, 4.69) is 0 Å². The Hall–Kier alpha value is -1.17. The van der Waals surface area contributed by atoms with Crippen LogP contribution in [-0.2, 0) is 5.60 Å². The molecule has 0 spiro atoms. The third-order valence-corrected chi connectivity index (χ3v) is 2.47. The summed E-state index contributed by atoms with van der Waals surface area (Å²) in [7, 11) is 0. The number of aliphatic hydroxyl groups is 1. The maximum Gasteiger partial charge on any atom is 0.287 e. The summed E-state index contributed by atoms with van der Waals surface area (Å²) in [6.07, 6.45) is 0. The lowest BCUT2D eigenvalue weighted by Crippen LogP contribution is -2.31. The van der Waals surface area contributed by atoms with Gasteiger partial charge in [0.1, 0.15) is 5.02 Å². The molecule has 1 rings (SSSR count). The van der Waals surface area contributed by atoms with Crippen molar-refractivity contribution in [2.75, 3.05) is 6.54 Å². The lowest BCUT2D eigenvalue weighted by molar-refractivity contribution is -0.384. The van der Waals surface area contributed by atoms with Crippen LogP contribution in [0.1, 0.15) is 12.5 Å². The molecule has 0 aliphatic rings. The second kappa shape index (κ2) is 4.14. The van der Waals surface area contributed by atoms with Gasteiger partial charge < -0.3 is 10.8 Å². The highest BCUT2D eigenvalue weighted by molar-refractivity contribution is 6.32. The van der Waals surface area contributed by atoms with Crippen molar-refractivity contribution in [1.82, 2.24) is 0 Å². The Kier molecular flexibility index (Phi) is 3.28. The van der Waals surface area contributed by atoms with E-state index in [1.165, 1.54) is 25.1 Å². The lowest BCUT2D eigenvalue weighted by Gasteiger charge is -2.21. The van der Waals surface area contributed by atoms with E-state index in [4.69, 9.17) is 17.3 Å². The molecule has 0 heterocycles. The summed E-state index contributed by atoms with van der Waals surface area (Å²) in [5, 5.41) is 20.3. The molecular weight excluding hydrogens is 220 g/mol. The normalized spacial score (nSPS) is 14.7. The molecule has 1 atom stereocenters. The lowest BCUT2D eigenvalue weighted by atomic mass is 9.96. The molecule has 0 amide bonds. The zero-order valence-electron chi connectivity index (χ0n) is 8.11. The van der Waals surface area contributed by atoms with E-state index in [0.29, 0.717) is 5.56 Å². The minimum absolute atomic E-state index is 0.00812. The van der Waals surface area contributed by atoms with Gasteiger partial charge in [-0.15, -0.1) is 0 Å². The zero-order chi connectivity index (χ0) is 11.6. The van der Waals surface area contributed by atoms with Gasteiger partial charge in [-0.25, -0.2) is 0 Å². The van der Waals surface area contributed by atoms with Crippen molar-refractivity contribution in [2.45, 2.75) is 12.5 Å². The van der Waals surface area contributed by atoms with Crippen LogP contribution in [0.15, 0.2) is 18.2 Å². The highest BCUT2D eigenvalue weighted by Gasteiger charge is 2.23. The molecule has 0 aliphatic carbocycles. The first-order valence-electron chi connectivity index (χ1n) is 4.25. The van der Waals surface area contributed by atoms with Gasteiger partial charge in [0.15, 0.2) is 0 Å². The summed E-state index contributed by atoms with van der Waals surface area (Å²) in [6.45, 7) is 1.53. The number of nitro groups is 1. The van der Waals surface area contributed by atoms with E-state index in [-0.39, 0.29) is 17.3 Å². The first kappa shape index (κ1) is 11.9. The summed E-state index contributed by atoms with van der Waals surface area (Å²) in [6, 6.07) is 4.05. The molecule has 3 N–H and O–H groups in total. The van der Waals surface area contributed by atoms with Gasteiger partial charge in [0.2, 0.25) is 0 Å². The van der Waals surface area contributed by atoms with Crippen LogP contribution in [0.2, 0.25) is 5.02 Å². The van der Waals surface area contributed by atoms with Crippen LogP contribution in [0.25, 0.3) is 0 Å². The molecule has 0 bridgehead atoms. The van der Waals surface area contributed by atoms with Crippen molar-refractivity contribution in [3.05, 3.63) is 38.9 Å². The molecular formula is C9H11ClN2O3. The van der Waals surface area contributed by atoms with Crippen molar-refractivity contribution in [3.8, 4) is 0 Å². The van der Waals surface area contributed by atoms with Crippen LogP contribution in [0.5, 0.6) is 0 Å². The summed E-state index contributed by atoms with van der Waals surface area (Å²) in [4.78, 5) is 9.91. The molecule has 1 aromatic carbocycles. The van der Waals surface area contributed by atoms with Gasteiger partial charge in [-0.3, -0.25) is 10.1 Å². The van der Waals surface area contributed by atoms with Gasteiger partial charge in [-0.2, -0.15) is 0 Å². The summed E-state index contributed by atoms with van der Waals surface area (Å²) < 4.78 is 0. The number of nitro benzene ring substituents is 1. The monoisotopic (exact) mass is 230 g/mol. The Morgan fingerprint density at radius 1 is 1.67 bits per heavy atom. The van der Waals surface area contributed by atoms with Crippen molar-refractivity contribution in [3.63, 3.8) is 0 Å². The maximum atomic E-state index is 10.5. The predicted octanol–water partition coefficient (Wildman–Crippen LogP) is 1.41. The topological polar surface area (TPSA) is 89.4 Å². The molecule has 0 saturated carbocycles. The summed E-state index contributed by atoms with van der Waals surface area (Å²) in [5.74, 6) is 0. The van der Waals surface area contributed by atoms with Crippen molar-refractivity contribution >= 4 is 17.3 Å². The Morgan fingerprint density at radius 3 is 2.67 bits per heavy atom. The number of benzene rings is 1. The van der Waals surface area contributed by atoms with Crippen molar-refractivity contribution in [2.24, 2.45) is 5.73 Å². The largest absolute Gasteiger partial charge is 0.384 e. The van der Waals surface area contributed by atoms with Gasteiger partial charge in [0.25, 0.3) is 5.69 Å². The van der Waals surface area contributed by atoms with Crippen LogP contribution in [0, 0.1) is 10.1 Å². The SMILES string of the molecule is CC(O)(CN)c1ccc([N+](=O)[O-])c(Cl)c1. The minimum Gasteiger partial charge on any atom is -0.384 e. The molecule has 0 radical (unpaired) electrons. The highest BCUT2D eigenvalue weighted by atomic mass is 35.5. The number of nitrogens with two attached hydrogens (primary N) is 1. The summed E-state index contributed by atoms with van der Waals surface area (Å²) >= 11 is 5.69. The first-order valence-corrected chi connectivity index (χ1v) is 4.63. The quantitative estimate of drug-likeness (QED) is 0.607. The average Bonchev–Trinajstić information content (AvgIpc) is 2.17. The standard InChI is InChI=1S/C9H11ClN2O3/c1-9(13,5-11)6-2-3-8(12(14)15)7(10)4-6/h2-4,13H,5,11H2,1H3. The van der Waals surface area contributed by atoms with Gasteiger partial charge in [0.05, 0.1) is 10.5 Å². The van der Waals surface area contributed by atoms with E-state index >= 15 is 0 Å². The first-order chi connectivity index (χ1) is 6.88. The third kappa shape index (κ3) is 2.44. The van der Waals surface area contributed by atoms with Crippen molar-refractivity contribution < 1.29 is 10.0 Å². The fraction of sp³-hybridized carbons (Fsp3) is 0.333. The maximum absolute atomic E-state index is 10.5. The van der Waals surface area contributed by atoms with E-state index in [1.54, 1.807) is 0 Å². The molecule has 0 aliphatic heterocycles. The third-order valence-electron chi connectivity index (χ3n) is 2.16. The van der Waals surface area contributed by atoms with E-state index < -0.39 is 10.5 Å². The van der Waals surface area contributed by atoms with Crippen LogP contribution < -0.4 is 5.73 Å². The molecule has 1 unspecified atom stereocenters. The Labute approximate surface area is 91.6 Å². The molecule has 6 heteroatoms. The molecule has 5 nitrogen and oxygen atoms in total. The van der Waals surface area contributed by atoms with Gasteiger partial charge in [-0.1, -0.05) is 11.6 Å². The van der Waals surface area contributed by atoms with Crippen molar-refractivity contribution in [1.29, 1.82) is 0 Å². The molecule has 82 valence electrons. The Bertz CT molecular complexity index is 393. The number of nitrogens with zero attached hydrogens (tertiary/aromatic N) is 1. The number of halogens is 1. The molecule has 1 aromatic rings. The number of rotatable bonds is 3. The van der Waals surface area contributed by atoms with Gasteiger partial charge in [0, 0.05) is 12.6 Å². The predicted molar refractivity (Wildman–Crippen MR) is 56.7 cm³/mol. The fourth-order valence-electron chi connectivity index (χ4n) is 1.11. The smallest absolute Gasteiger partial charge is 0.287 e. The number of hydrogen-bond acceptors (Lipinski definition) is 4. The Balaban J connectivity index is 3.18.